The Bertz CT molecular complexity index is 632. The number of sulfone groups is 1. The van der Waals surface area contributed by atoms with Crippen molar-refractivity contribution in [1.82, 2.24) is 0 Å². The Balaban J connectivity index is 2.30. The number of hydrogen-bond acceptors (Lipinski definition) is 3. The van der Waals surface area contributed by atoms with Crippen molar-refractivity contribution in [3.05, 3.63) is 42.5 Å². The minimum absolute atomic E-state index is 0.0350. The van der Waals surface area contributed by atoms with Gasteiger partial charge in [0.15, 0.2) is 9.84 Å². The van der Waals surface area contributed by atoms with Crippen LogP contribution in [0, 0.1) is 0 Å². The molecule has 0 saturated carbocycles. The maximum atomic E-state index is 12.1. The van der Waals surface area contributed by atoms with Crippen LogP contribution in [0.15, 0.2) is 47.4 Å². The molecule has 2 aromatic carbocycles. The molecule has 0 bridgehead atoms. The van der Waals surface area contributed by atoms with Crippen LogP contribution < -0.4 is 0 Å². The van der Waals surface area contributed by atoms with Gasteiger partial charge in [-0.1, -0.05) is 30.3 Å². The van der Waals surface area contributed by atoms with Crippen LogP contribution in [0.1, 0.15) is 12.8 Å². The molecule has 0 aliphatic carbocycles. The molecule has 0 unspecified atom stereocenters. The zero-order valence-electron chi connectivity index (χ0n) is 10.0. The molecule has 0 aliphatic rings. The van der Waals surface area contributed by atoms with Gasteiger partial charge in [0.05, 0.1) is 10.6 Å². The van der Waals surface area contributed by atoms with Crippen molar-refractivity contribution >= 4 is 20.6 Å². The quantitative estimate of drug-likeness (QED) is 0.844. The van der Waals surface area contributed by atoms with E-state index in [1.807, 2.05) is 30.3 Å². The van der Waals surface area contributed by atoms with Crippen molar-refractivity contribution in [2.24, 2.45) is 0 Å². The maximum Gasteiger partial charge on any atom is 0.178 e. The molecule has 0 heterocycles. The van der Waals surface area contributed by atoms with Crippen molar-refractivity contribution in [3.8, 4) is 0 Å². The first kappa shape index (κ1) is 13.1. The van der Waals surface area contributed by atoms with Crippen LogP contribution in [0.2, 0.25) is 0 Å². The second kappa shape index (κ2) is 5.50. The summed E-state index contributed by atoms with van der Waals surface area (Å²) in [6.07, 6.45) is 1.01. The average Bonchev–Trinajstić information content (AvgIpc) is 2.38. The van der Waals surface area contributed by atoms with Crippen molar-refractivity contribution in [3.63, 3.8) is 0 Å². The lowest BCUT2D eigenvalue weighted by Gasteiger charge is -2.05. The summed E-state index contributed by atoms with van der Waals surface area (Å²) >= 11 is 0. The largest absolute Gasteiger partial charge is 0.396 e. The molecule has 96 valence electrons. The highest BCUT2D eigenvalue weighted by Gasteiger charge is 2.14. The van der Waals surface area contributed by atoms with E-state index in [0.717, 1.165) is 10.8 Å². The molecule has 1 N–H and O–H groups in total. The van der Waals surface area contributed by atoms with Gasteiger partial charge in [0.25, 0.3) is 0 Å². The van der Waals surface area contributed by atoms with Gasteiger partial charge < -0.3 is 5.11 Å². The Morgan fingerprint density at radius 2 is 1.67 bits per heavy atom. The van der Waals surface area contributed by atoms with Gasteiger partial charge in [-0.3, -0.25) is 0 Å². The highest BCUT2D eigenvalue weighted by atomic mass is 32.2. The van der Waals surface area contributed by atoms with Gasteiger partial charge in [0.1, 0.15) is 0 Å². The first-order valence-corrected chi connectivity index (χ1v) is 7.61. The van der Waals surface area contributed by atoms with Crippen LogP contribution in [-0.2, 0) is 9.84 Å². The van der Waals surface area contributed by atoms with E-state index in [4.69, 9.17) is 5.11 Å². The van der Waals surface area contributed by atoms with E-state index in [1.54, 1.807) is 12.1 Å². The van der Waals surface area contributed by atoms with Crippen LogP contribution in [0.3, 0.4) is 0 Å². The third-order valence-corrected chi connectivity index (χ3v) is 4.70. The second-order valence-electron chi connectivity index (χ2n) is 4.26. The summed E-state index contributed by atoms with van der Waals surface area (Å²) in [4.78, 5) is 0.360. The van der Waals surface area contributed by atoms with E-state index in [0.29, 0.717) is 17.7 Å². The van der Waals surface area contributed by atoms with Crippen molar-refractivity contribution in [2.75, 3.05) is 12.4 Å². The minimum atomic E-state index is -3.24. The summed E-state index contributed by atoms with van der Waals surface area (Å²) in [5.74, 6) is 0.0892. The molecule has 0 saturated heterocycles. The Morgan fingerprint density at radius 1 is 0.944 bits per heavy atom. The van der Waals surface area contributed by atoms with Crippen LogP contribution in [0.25, 0.3) is 10.8 Å². The summed E-state index contributed by atoms with van der Waals surface area (Å²) in [5, 5.41) is 10.6. The first-order valence-electron chi connectivity index (χ1n) is 5.96. The molecule has 0 fully saturated rings. The second-order valence-corrected chi connectivity index (χ2v) is 6.37. The van der Waals surface area contributed by atoms with Gasteiger partial charge in [-0.25, -0.2) is 8.42 Å². The first-order chi connectivity index (χ1) is 8.63. The fraction of sp³-hybridized carbons (Fsp3) is 0.286. The summed E-state index contributed by atoms with van der Waals surface area (Å²) in [6.45, 7) is 0.0350. The van der Waals surface area contributed by atoms with E-state index in [2.05, 4.69) is 0 Å². The number of rotatable bonds is 5. The van der Waals surface area contributed by atoms with Crippen LogP contribution in [0.4, 0.5) is 0 Å². The highest BCUT2D eigenvalue weighted by Crippen LogP contribution is 2.20. The van der Waals surface area contributed by atoms with Crippen LogP contribution in [0.5, 0.6) is 0 Å². The molecule has 0 aliphatic heterocycles. The van der Waals surface area contributed by atoms with E-state index in [1.165, 1.54) is 0 Å². The monoisotopic (exact) mass is 264 g/mol. The molecule has 2 aromatic rings. The zero-order valence-corrected chi connectivity index (χ0v) is 10.9. The Hall–Kier alpha value is -1.39. The molecule has 3 nitrogen and oxygen atoms in total. The third-order valence-electron chi connectivity index (χ3n) is 2.90. The predicted octanol–water partition coefficient (Wildman–Crippen LogP) is 2.39. The molecule has 4 heteroatoms. The van der Waals surface area contributed by atoms with Gasteiger partial charge in [0, 0.05) is 6.61 Å². The molecule has 0 radical (unpaired) electrons. The van der Waals surface area contributed by atoms with Crippen molar-refractivity contribution in [1.29, 1.82) is 0 Å². The van der Waals surface area contributed by atoms with E-state index >= 15 is 0 Å². The number of aliphatic hydroxyl groups excluding tert-OH is 1. The Kier molecular flexibility index (Phi) is 3.99. The number of unbranched alkanes of at least 4 members (excludes halogenated alkanes) is 1. The van der Waals surface area contributed by atoms with E-state index in [9.17, 15) is 8.42 Å². The molecule has 0 atom stereocenters. The normalized spacial score (nSPS) is 11.8. The summed E-state index contributed by atoms with van der Waals surface area (Å²) < 4.78 is 24.1. The Morgan fingerprint density at radius 3 is 2.39 bits per heavy atom. The topological polar surface area (TPSA) is 54.4 Å². The molecular weight excluding hydrogens is 248 g/mol. The van der Waals surface area contributed by atoms with E-state index < -0.39 is 9.84 Å². The smallest absolute Gasteiger partial charge is 0.178 e. The number of fused-ring (bicyclic) bond motifs is 1. The highest BCUT2D eigenvalue weighted by molar-refractivity contribution is 7.91. The lowest BCUT2D eigenvalue weighted by Crippen LogP contribution is -2.07. The zero-order chi connectivity index (χ0) is 13.0. The fourth-order valence-corrected chi connectivity index (χ4v) is 3.28. The molecular formula is C14H16O3S. The fourth-order valence-electron chi connectivity index (χ4n) is 1.88. The van der Waals surface area contributed by atoms with Gasteiger partial charge in [-0.2, -0.15) is 0 Å². The summed E-state index contributed by atoms with van der Waals surface area (Å²) in [7, 11) is -3.24. The SMILES string of the molecule is O=S(=O)(CCCCO)c1ccc2ccccc2c1. The summed E-state index contributed by atoms with van der Waals surface area (Å²) in [6, 6.07) is 12.9. The summed E-state index contributed by atoms with van der Waals surface area (Å²) in [5.41, 5.74) is 0. The number of benzene rings is 2. The molecule has 0 aromatic heterocycles. The van der Waals surface area contributed by atoms with Gasteiger partial charge in [0.2, 0.25) is 0 Å². The van der Waals surface area contributed by atoms with Crippen molar-refractivity contribution < 1.29 is 13.5 Å². The number of hydrogen-bond donors (Lipinski definition) is 1. The van der Waals surface area contributed by atoms with Gasteiger partial charge in [-0.05, 0) is 35.7 Å². The molecule has 2 rings (SSSR count). The van der Waals surface area contributed by atoms with Crippen LogP contribution in [-0.4, -0.2) is 25.9 Å². The molecule has 0 amide bonds. The predicted molar refractivity (Wildman–Crippen MR) is 72.3 cm³/mol. The Labute approximate surface area is 107 Å². The molecule has 18 heavy (non-hydrogen) atoms. The lowest BCUT2D eigenvalue weighted by atomic mass is 10.1. The van der Waals surface area contributed by atoms with E-state index in [-0.39, 0.29) is 12.4 Å². The average molecular weight is 264 g/mol. The third kappa shape index (κ3) is 2.89. The van der Waals surface area contributed by atoms with Gasteiger partial charge >= 0.3 is 0 Å². The minimum Gasteiger partial charge on any atom is -0.396 e. The maximum absolute atomic E-state index is 12.1. The van der Waals surface area contributed by atoms with Gasteiger partial charge in [-0.15, -0.1) is 0 Å². The number of aliphatic hydroxyl groups is 1. The van der Waals surface area contributed by atoms with Crippen molar-refractivity contribution in [2.45, 2.75) is 17.7 Å². The lowest BCUT2D eigenvalue weighted by molar-refractivity contribution is 0.287. The molecule has 0 spiro atoms. The standard InChI is InChI=1S/C14H16O3S/c15-9-3-4-10-18(16,17)14-8-7-12-5-1-2-6-13(12)11-14/h1-2,5-8,11,15H,3-4,9-10H2. The van der Waals surface area contributed by atoms with Crippen LogP contribution >= 0.6 is 0 Å².